The second kappa shape index (κ2) is 7.32. The van der Waals surface area contributed by atoms with E-state index in [2.05, 4.69) is 17.0 Å². The number of likely N-dealkylation sites (tertiary alicyclic amines) is 1. The zero-order valence-corrected chi connectivity index (χ0v) is 16.2. The van der Waals surface area contributed by atoms with Crippen molar-refractivity contribution in [1.29, 1.82) is 0 Å². The minimum Gasteiger partial charge on any atom is -0.337 e. The molecule has 136 valence electrons. The molecule has 1 unspecified atom stereocenters. The fraction of sp³-hybridized carbons (Fsp3) is 0.471. The molecule has 2 N–H and O–H groups in total. The molecule has 1 atom stereocenters. The third-order valence-corrected chi connectivity index (χ3v) is 4.90. The van der Waals surface area contributed by atoms with Crippen LogP contribution in [0.5, 0.6) is 0 Å². The van der Waals surface area contributed by atoms with E-state index >= 15 is 0 Å². The summed E-state index contributed by atoms with van der Waals surface area (Å²) in [6, 6.07) is 5.43. The molecule has 0 aliphatic carbocycles. The van der Waals surface area contributed by atoms with E-state index in [4.69, 9.17) is 17.3 Å². The van der Waals surface area contributed by atoms with E-state index in [0.717, 1.165) is 17.8 Å². The lowest BCUT2D eigenvalue weighted by Gasteiger charge is -2.22. The van der Waals surface area contributed by atoms with Gasteiger partial charge in [-0.05, 0) is 50.4 Å². The predicted octanol–water partition coefficient (Wildman–Crippen LogP) is 2.77. The zero-order chi connectivity index (χ0) is 17.5. The lowest BCUT2D eigenvalue weighted by Crippen LogP contribution is -2.35. The zero-order valence-electron chi connectivity index (χ0n) is 14.6. The molecule has 1 saturated heterocycles. The number of halogens is 2. The molecule has 8 heteroatoms. The molecule has 1 aliphatic heterocycles. The van der Waals surface area contributed by atoms with E-state index < -0.39 is 0 Å². The average Bonchev–Trinajstić information content (AvgIpc) is 3.10. The summed E-state index contributed by atoms with van der Waals surface area (Å²) in [5, 5.41) is 4.77. The van der Waals surface area contributed by atoms with Crippen molar-refractivity contribution in [3.63, 3.8) is 0 Å². The lowest BCUT2D eigenvalue weighted by atomic mass is 9.90. The van der Waals surface area contributed by atoms with E-state index in [9.17, 15) is 4.79 Å². The number of amides is 1. The fourth-order valence-electron chi connectivity index (χ4n) is 3.07. The fourth-order valence-corrected chi connectivity index (χ4v) is 3.26. The Balaban J connectivity index is 0.00000225. The van der Waals surface area contributed by atoms with E-state index in [-0.39, 0.29) is 29.4 Å². The minimum atomic E-state index is -0.152. The molecule has 3 heterocycles. The van der Waals surface area contributed by atoms with Gasteiger partial charge in [0.2, 0.25) is 0 Å². The van der Waals surface area contributed by atoms with Crippen LogP contribution in [0.3, 0.4) is 0 Å². The quantitative estimate of drug-likeness (QED) is 0.883. The third kappa shape index (κ3) is 3.81. The summed E-state index contributed by atoms with van der Waals surface area (Å²) < 4.78 is 1.72. The number of hydrogen-bond donors (Lipinski definition) is 1. The monoisotopic (exact) mass is 383 g/mol. The maximum absolute atomic E-state index is 12.9. The summed E-state index contributed by atoms with van der Waals surface area (Å²) in [5.41, 5.74) is 7.92. The van der Waals surface area contributed by atoms with Crippen LogP contribution in [-0.2, 0) is 0 Å². The normalized spacial score (nSPS) is 19.8. The summed E-state index contributed by atoms with van der Waals surface area (Å²) >= 11 is 6.24. The van der Waals surface area contributed by atoms with Gasteiger partial charge in [0.05, 0.1) is 10.7 Å². The smallest absolute Gasteiger partial charge is 0.274 e. The molecule has 2 aromatic rings. The number of rotatable bonds is 3. The highest BCUT2D eigenvalue weighted by Gasteiger charge is 2.36. The van der Waals surface area contributed by atoms with Crippen molar-refractivity contribution >= 4 is 29.9 Å². The number of hydrogen-bond acceptors (Lipinski definition) is 4. The van der Waals surface area contributed by atoms with E-state index in [1.54, 1.807) is 21.7 Å². The van der Waals surface area contributed by atoms with Gasteiger partial charge in [0.15, 0.2) is 5.82 Å². The second-order valence-electron chi connectivity index (χ2n) is 6.83. The highest BCUT2D eigenvalue weighted by molar-refractivity contribution is 6.33. The van der Waals surface area contributed by atoms with Crippen molar-refractivity contribution in [2.24, 2.45) is 11.1 Å². The van der Waals surface area contributed by atoms with Crippen molar-refractivity contribution in [1.82, 2.24) is 19.7 Å². The topological polar surface area (TPSA) is 77.0 Å². The van der Waals surface area contributed by atoms with Crippen molar-refractivity contribution in [2.75, 3.05) is 19.6 Å². The maximum Gasteiger partial charge on any atom is 0.274 e. The van der Waals surface area contributed by atoms with Crippen molar-refractivity contribution < 1.29 is 4.79 Å². The lowest BCUT2D eigenvalue weighted by molar-refractivity contribution is 0.0771. The first-order valence-corrected chi connectivity index (χ1v) is 8.40. The van der Waals surface area contributed by atoms with E-state index in [0.29, 0.717) is 30.5 Å². The number of aromatic nitrogens is 3. The SMILES string of the molecule is Cc1cc(C)n(-c2ccc(Cl)c(C(=O)N3CCC(C)(CN)C3)n2)n1.Cl. The summed E-state index contributed by atoms with van der Waals surface area (Å²) in [6.07, 6.45) is 0.893. The predicted molar refractivity (Wildman–Crippen MR) is 101 cm³/mol. The molecule has 2 aromatic heterocycles. The first kappa shape index (κ1) is 19.7. The molecular formula is C17H23Cl2N5O. The van der Waals surface area contributed by atoms with Gasteiger partial charge in [-0.25, -0.2) is 9.67 Å². The Morgan fingerprint density at radius 1 is 1.40 bits per heavy atom. The van der Waals surface area contributed by atoms with Gasteiger partial charge in [-0.2, -0.15) is 5.10 Å². The number of aryl methyl sites for hydroxylation is 2. The molecule has 0 spiro atoms. The molecule has 0 bridgehead atoms. The highest BCUT2D eigenvalue weighted by atomic mass is 35.5. The second-order valence-corrected chi connectivity index (χ2v) is 7.24. The number of carbonyl (C=O) groups excluding carboxylic acids is 1. The first-order valence-electron chi connectivity index (χ1n) is 8.02. The Labute approximate surface area is 158 Å². The van der Waals surface area contributed by atoms with Gasteiger partial charge < -0.3 is 10.6 Å². The van der Waals surface area contributed by atoms with Crippen LogP contribution in [0.1, 0.15) is 35.2 Å². The number of nitrogens with zero attached hydrogens (tertiary/aromatic N) is 4. The standard InChI is InChI=1S/C17H22ClN5O.ClH/c1-11-8-12(2)23(21-11)14-5-4-13(18)15(20-14)16(24)22-7-6-17(3,9-19)10-22;/h4-5,8H,6-7,9-10,19H2,1-3H3;1H. The van der Waals surface area contributed by atoms with E-state index in [1.165, 1.54) is 0 Å². The summed E-state index contributed by atoms with van der Waals surface area (Å²) in [5.74, 6) is 0.440. The van der Waals surface area contributed by atoms with Crippen molar-refractivity contribution in [3.8, 4) is 5.82 Å². The molecule has 25 heavy (non-hydrogen) atoms. The maximum atomic E-state index is 12.9. The van der Waals surface area contributed by atoms with Gasteiger partial charge in [-0.3, -0.25) is 4.79 Å². The number of carbonyl (C=O) groups is 1. The van der Waals surface area contributed by atoms with Gasteiger partial charge in [-0.15, -0.1) is 12.4 Å². The molecule has 0 radical (unpaired) electrons. The van der Waals surface area contributed by atoms with Crippen LogP contribution in [0.25, 0.3) is 5.82 Å². The van der Waals surface area contributed by atoms with Crippen LogP contribution in [0.2, 0.25) is 5.02 Å². The molecule has 1 fully saturated rings. The van der Waals surface area contributed by atoms with Crippen LogP contribution in [0.15, 0.2) is 18.2 Å². The van der Waals surface area contributed by atoms with Crippen LogP contribution in [-0.4, -0.2) is 45.2 Å². The molecule has 6 nitrogen and oxygen atoms in total. The first-order chi connectivity index (χ1) is 11.3. The van der Waals surface area contributed by atoms with Crippen LogP contribution >= 0.6 is 24.0 Å². The molecule has 0 saturated carbocycles. The van der Waals surface area contributed by atoms with Crippen molar-refractivity contribution in [3.05, 3.63) is 40.3 Å². The number of nitrogens with two attached hydrogens (primary N) is 1. The summed E-state index contributed by atoms with van der Waals surface area (Å²) in [6.45, 7) is 7.83. The van der Waals surface area contributed by atoms with E-state index in [1.807, 2.05) is 19.9 Å². The van der Waals surface area contributed by atoms with Crippen LogP contribution in [0.4, 0.5) is 0 Å². The Hall–Kier alpha value is -1.63. The molecule has 3 rings (SSSR count). The summed E-state index contributed by atoms with van der Waals surface area (Å²) in [4.78, 5) is 19.1. The third-order valence-electron chi connectivity index (χ3n) is 4.60. The molecular weight excluding hydrogens is 361 g/mol. The molecule has 1 amide bonds. The van der Waals surface area contributed by atoms with Crippen LogP contribution in [0, 0.1) is 19.3 Å². The summed E-state index contributed by atoms with van der Waals surface area (Å²) in [7, 11) is 0. The van der Waals surface area contributed by atoms with Gasteiger partial charge in [0, 0.05) is 18.8 Å². The van der Waals surface area contributed by atoms with Gasteiger partial charge >= 0.3 is 0 Å². The average molecular weight is 384 g/mol. The highest BCUT2D eigenvalue weighted by Crippen LogP contribution is 2.30. The Bertz CT molecular complexity index is 791. The minimum absolute atomic E-state index is 0. The number of pyridine rings is 1. The van der Waals surface area contributed by atoms with Crippen LogP contribution < -0.4 is 5.73 Å². The molecule has 0 aromatic carbocycles. The van der Waals surface area contributed by atoms with Gasteiger partial charge in [0.25, 0.3) is 5.91 Å². The largest absolute Gasteiger partial charge is 0.337 e. The molecule has 1 aliphatic rings. The Morgan fingerprint density at radius 3 is 2.68 bits per heavy atom. The van der Waals surface area contributed by atoms with Gasteiger partial charge in [-0.1, -0.05) is 18.5 Å². The Kier molecular flexibility index (Phi) is 5.76. The van der Waals surface area contributed by atoms with Crippen molar-refractivity contribution in [2.45, 2.75) is 27.2 Å². The Morgan fingerprint density at radius 2 is 2.12 bits per heavy atom. The van der Waals surface area contributed by atoms with Gasteiger partial charge in [0.1, 0.15) is 5.69 Å².